The quantitative estimate of drug-likeness (QED) is 0.842. The Balaban J connectivity index is 1.93. The molecule has 0 aliphatic carbocycles. The summed E-state index contributed by atoms with van der Waals surface area (Å²) in [6, 6.07) is 10.9. The normalized spacial score (nSPS) is 10.0. The van der Waals surface area contributed by atoms with E-state index in [0.717, 1.165) is 5.56 Å². The van der Waals surface area contributed by atoms with Gasteiger partial charge in [-0.2, -0.15) is 4.57 Å². The van der Waals surface area contributed by atoms with Crippen molar-refractivity contribution in [3.63, 3.8) is 0 Å². The first-order chi connectivity index (χ1) is 10.0. The van der Waals surface area contributed by atoms with Crippen molar-refractivity contribution in [2.45, 2.75) is 20.4 Å². The van der Waals surface area contributed by atoms with Gasteiger partial charge in [-0.25, -0.2) is 0 Å². The molecule has 1 aromatic carbocycles. The number of pyridine rings is 1. The smallest absolute Gasteiger partial charge is 0.290 e. The molecule has 1 aromatic heterocycles. The van der Waals surface area contributed by atoms with Crippen LogP contribution in [0.4, 0.5) is 11.4 Å². The fourth-order valence-electron chi connectivity index (χ4n) is 1.84. The predicted octanol–water partition coefficient (Wildman–Crippen LogP) is 1.88. The number of anilines is 2. The van der Waals surface area contributed by atoms with E-state index in [9.17, 15) is 9.59 Å². The van der Waals surface area contributed by atoms with Crippen molar-refractivity contribution in [2.75, 3.05) is 10.6 Å². The first-order valence-corrected chi connectivity index (χ1v) is 6.66. The molecule has 0 bridgehead atoms. The molecule has 108 valence electrons. The number of nitrogens with zero attached hydrogens (tertiary/aromatic N) is 1. The first-order valence-electron chi connectivity index (χ1n) is 6.66. The highest BCUT2D eigenvalue weighted by Gasteiger charge is 2.09. The summed E-state index contributed by atoms with van der Waals surface area (Å²) < 4.78 is 1.81. The van der Waals surface area contributed by atoms with Gasteiger partial charge in [0.05, 0.1) is 0 Å². The molecule has 0 unspecified atom stereocenters. The minimum absolute atomic E-state index is 0.101. The second kappa shape index (κ2) is 6.65. The summed E-state index contributed by atoms with van der Waals surface area (Å²) in [5, 5.41) is 5.49. The van der Waals surface area contributed by atoms with Crippen molar-refractivity contribution >= 4 is 23.2 Å². The number of amides is 2. The fourth-order valence-corrected chi connectivity index (χ4v) is 1.84. The molecule has 2 N–H and O–H groups in total. The molecular formula is C16H18N3O2+. The molecule has 2 rings (SSSR count). The summed E-state index contributed by atoms with van der Waals surface area (Å²) in [5.41, 5.74) is 2.55. The SMILES string of the molecule is CC(=O)Nc1ccc(NC(=O)C[n+]2ccc(C)cc2)cc1. The number of aryl methyl sites for hydroxylation is 1. The summed E-state index contributed by atoms with van der Waals surface area (Å²) in [5.74, 6) is -0.223. The third-order valence-corrected chi connectivity index (χ3v) is 2.87. The number of hydrogen-bond donors (Lipinski definition) is 2. The number of rotatable bonds is 4. The number of carbonyl (C=O) groups is 2. The van der Waals surface area contributed by atoms with Gasteiger partial charge in [-0.3, -0.25) is 9.59 Å². The fraction of sp³-hybridized carbons (Fsp3) is 0.188. The summed E-state index contributed by atoms with van der Waals surface area (Å²) in [7, 11) is 0. The molecule has 0 saturated carbocycles. The van der Waals surface area contributed by atoms with Gasteiger partial charge in [0.1, 0.15) is 0 Å². The van der Waals surface area contributed by atoms with Crippen molar-refractivity contribution in [1.82, 2.24) is 0 Å². The molecule has 2 amide bonds. The highest BCUT2D eigenvalue weighted by Crippen LogP contribution is 2.13. The largest absolute Gasteiger partial charge is 0.326 e. The maximum absolute atomic E-state index is 11.9. The third-order valence-electron chi connectivity index (χ3n) is 2.87. The molecule has 0 spiro atoms. The molecular weight excluding hydrogens is 266 g/mol. The molecule has 0 radical (unpaired) electrons. The number of aromatic nitrogens is 1. The van der Waals surface area contributed by atoms with E-state index in [2.05, 4.69) is 10.6 Å². The van der Waals surface area contributed by atoms with E-state index in [0.29, 0.717) is 11.4 Å². The Labute approximate surface area is 123 Å². The van der Waals surface area contributed by atoms with Crippen LogP contribution in [0.25, 0.3) is 0 Å². The van der Waals surface area contributed by atoms with Crippen molar-refractivity contribution in [2.24, 2.45) is 0 Å². The van der Waals surface area contributed by atoms with Crippen LogP contribution in [0.3, 0.4) is 0 Å². The van der Waals surface area contributed by atoms with E-state index in [1.165, 1.54) is 6.92 Å². The Morgan fingerprint density at radius 3 is 2.00 bits per heavy atom. The molecule has 0 aliphatic heterocycles. The monoisotopic (exact) mass is 284 g/mol. The lowest BCUT2D eigenvalue weighted by molar-refractivity contribution is -0.684. The molecule has 21 heavy (non-hydrogen) atoms. The average Bonchev–Trinajstić information content (AvgIpc) is 2.43. The number of hydrogen-bond acceptors (Lipinski definition) is 2. The van der Waals surface area contributed by atoms with Gasteiger partial charge < -0.3 is 10.6 Å². The van der Waals surface area contributed by atoms with E-state index >= 15 is 0 Å². The van der Waals surface area contributed by atoms with Crippen LogP contribution in [0.15, 0.2) is 48.8 Å². The topological polar surface area (TPSA) is 62.1 Å². The Bertz CT molecular complexity index is 634. The highest BCUT2D eigenvalue weighted by atomic mass is 16.2. The van der Waals surface area contributed by atoms with E-state index in [1.54, 1.807) is 24.3 Å². The lowest BCUT2D eigenvalue weighted by atomic mass is 10.2. The number of carbonyl (C=O) groups excluding carboxylic acids is 2. The predicted molar refractivity (Wildman–Crippen MR) is 80.7 cm³/mol. The molecule has 1 heterocycles. The van der Waals surface area contributed by atoms with Crippen molar-refractivity contribution in [3.8, 4) is 0 Å². The van der Waals surface area contributed by atoms with Crippen LogP contribution in [0.1, 0.15) is 12.5 Å². The van der Waals surface area contributed by atoms with Crippen LogP contribution in [-0.2, 0) is 16.1 Å². The van der Waals surface area contributed by atoms with Crippen molar-refractivity contribution < 1.29 is 14.2 Å². The third kappa shape index (κ3) is 4.72. The van der Waals surface area contributed by atoms with Gasteiger partial charge in [-0.1, -0.05) is 0 Å². The Morgan fingerprint density at radius 2 is 1.48 bits per heavy atom. The summed E-state index contributed by atoms with van der Waals surface area (Å²) in [4.78, 5) is 22.8. The van der Waals surface area contributed by atoms with E-state index in [1.807, 2.05) is 36.0 Å². The number of benzene rings is 1. The zero-order valence-electron chi connectivity index (χ0n) is 12.1. The van der Waals surface area contributed by atoms with Gasteiger partial charge in [0, 0.05) is 30.4 Å². The molecule has 0 aliphatic rings. The number of nitrogens with one attached hydrogen (secondary N) is 2. The van der Waals surface area contributed by atoms with E-state index in [-0.39, 0.29) is 18.4 Å². The van der Waals surface area contributed by atoms with Crippen LogP contribution in [0, 0.1) is 6.92 Å². The summed E-state index contributed by atoms with van der Waals surface area (Å²) >= 11 is 0. The molecule has 2 aromatic rings. The van der Waals surface area contributed by atoms with Gasteiger partial charge in [-0.05, 0) is 36.8 Å². The molecule has 0 atom stereocenters. The van der Waals surface area contributed by atoms with Gasteiger partial charge in [0.25, 0.3) is 5.91 Å². The summed E-state index contributed by atoms with van der Waals surface area (Å²) in [6.45, 7) is 3.71. The minimum Gasteiger partial charge on any atom is -0.326 e. The zero-order valence-corrected chi connectivity index (χ0v) is 12.1. The van der Waals surface area contributed by atoms with Crippen molar-refractivity contribution in [1.29, 1.82) is 0 Å². The maximum atomic E-state index is 11.9. The lowest BCUT2D eigenvalue weighted by Gasteiger charge is -2.05. The zero-order chi connectivity index (χ0) is 15.2. The Hall–Kier alpha value is -2.69. The minimum atomic E-state index is -0.123. The van der Waals surface area contributed by atoms with E-state index in [4.69, 9.17) is 0 Å². The van der Waals surface area contributed by atoms with Gasteiger partial charge in [-0.15, -0.1) is 0 Å². The van der Waals surface area contributed by atoms with Crippen LogP contribution >= 0.6 is 0 Å². The van der Waals surface area contributed by atoms with Gasteiger partial charge in [0.2, 0.25) is 12.5 Å². The second-order valence-electron chi connectivity index (χ2n) is 4.85. The van der Waals surface area contributed by atoms with Crippen LogP contribution in [0.2, 0.25) is 0 Å². The molecule has 5 nitrogen and oxygen atoms in total. The van der Waals surface area contributed by atoms with Crippen LogP contribution < -0.4 is 15.2 Å². The molecule has 5 heteroatoms. The van der Waals surface area contributed by atoms with E-state index < -0.39 is 0 Å². The highest BCUT2D eigenvalue weighted by molar-refractivity contribution is 5.91. The lowest BCUT2D eigenvalue weighted by Crippen LogP contribution is -2.39. The summed E-state index contributed by atoms with van der Waals surface area (Å²) in [6.07, 6.45) is 3.74. The van der Waals surface area contributed by atoms with Gasteiger partial charge >= 0.3 is 0 Å². The standard InChI is InChI=1S/C16H17N3O2/c1-12-7-9-19(10-8-12)11-16(21)18-15-5-3-14(4-6-15)17-13(2)20/h3-10H,11H2,1-2H3,(H-,17,18,20,21)/p+1. The second-order valence-corrected chi connectivity index (χ2v) is 4.85. The molecule has 0 saturated heterocycles. The Kier molecular flexibility index (Phi) is 4.66. The van der Waals surface area contributed by atoms with Crippen LogP contribution in [-0.4, -0.2) is 11.8 Å². The van der Waals surface area contributed by atoms with Crippen LogP contribution in [0.5, 0.6) is 0 Å². The first kappa shape index (κ1) is 14.7. The van der Waals surface area contributed by atoms with Crippen molar-refractivity contribution in [3.05, 3.63) is 54.4 Å². The molecule has 0 fully saturated rings. The maximum Gasteiger partial charge on any atom is 0.290 e. The average molecular weight is 284 g/mol. The van der Waals surface area contributed by atoms with Gasteiger partial charge in [0.15, 0.2) is 12.4 Å². The Morgan fingerprint density at radius 1 is 0.952 bits per heavy atom.